The highest BCUT2D eigenvalue weighted by Gasteiger charge is 2.34. The Morgan fingerprint density at radius 1 is 1.62 bits per heavy atom. The number of rotatable bonds is 3. The van der Waals surface area contributed by atoms with Crippen LogP contribution in [0.4, 0.5) is 4.79 Å². The molecule has 1 heterocycles. The van der Waals surface area contributed by atoms with Gasteiger partial charge in [-0.25, -0.2) is 4.79 Å². The van der Waals surface area contributed by atoms with E-state index in [1.165, 1.54) is 4.90 Å². The molecule has 2 atom stereocenters. The minimum atomic E-state index is -0.905. The summed E-state index contributed by atoms with van der Waals surface area (Å²) in [6.07, 6.45) is 2.02. The Balaban J connectivity index is 2.50. The molecular formula is C9H17NO3. The Kier molecular flexibility index (Phi) is 3.54. The minimum absolute atomic E-state index is 0.169. The first kappa shape index (κ1) is 10.3. The van der Waals surface area contributed by atoms with Gasteiger partial charge in [-0.05, 0) is 12.8 Å². The zero-order chi connectivity index (χ0) is 9.84. The Hall–Kier alpha value is -0.770. The number of aliphatic hydroxyl groups is 1. The van der Waals surface area contributed by atoms with Crippen LogP contribution in [0.1, 0.15) is 32.6 Å². The first-order valence-electron chi connectivity index (χ1n) is 4.84. The molecule has 1 amide bonds. The summed E-state index contributed by atoms with van der Waals surface area (Å²) in [5, 5.41) is 18.3. The van der Waals surface area contributed by atoms with E-state index in [0.29, 0.717) is 13.0 Å². The number of carboxylic acid groups (broad SMARTS) is 1. The third-order valence-electron chi connectivity index (χ3n) is 2.61. The molecule has 76 valence electrons. The van der Waals surface area contributed by atoms with Crippen molar-refractivity contribution in [3.05, 3.63) is 0 Å². The van der Waals surface area contributed by atoms with Gasteiger partial charge in [0.25, 0.3) is 0 Å². The van der Waals surface area contributed by atoms with Crippen LogP contribution >= 0.6 is 0 Å². The summed E-state index contributed by atoms with van der Waals surface area (Å²) in [6.45, 7) is 2.54. The van der Waals surface area contributed by atoms with Crippen LogP contribution < -0.4 is 0 Å². The quantitative estimate of drug-likeness (QED) is 0.699. The van der Waals surface area contributed by atoms with E-state index in [4.69, 9.17) is 5.11 Å². The molecule has 1 aliphatic heterocycles. The van der Waals surface area contributed by atoms with Crippen molar-refractivity contribution in [3.8, 4) is 0 Å². The Morgan fingerprint density at radius 2 is 2.31 bits per heavy atom. The van der Waals surface area contributed by atoms with Crippen LogP contribution in [0.5, 0.6) is 0 Å². The normalized spacial score (nSPS) is 28.0. The second-order valence-electron chi connectivity index (χ2n) is 3.54. The van der Waals surface area contributed by atoms with E-state index in [-0.39, 0.29) is 6.04 Å². The van der Waals surface area contributed by atoms with Crippen LogP contribution in [-0.4, -0.2) is 39.9 Å². The fourth-order valence-electron chi connectivity index (χ4n) is 1.84. The van der Waals surface area contributed by atoms with E-state index < -0.39 is 12.2 Å². The molecule has 1 unspecified atom stereocenters. The third kappa shape index (κ3) is 2.34. The van der Waals surface area contributed by atoms with Gasteiger partial charge in [0.1, 0.15) is 0 Å². The van der Waals surface area contributed by atoms with Crippen molar-refractivity contribution < 1.29 is 15.0 Å². The first-order valence-corrected chi connectivity index (χ1v) is 4.84. The molecule has 0 radical (unpaired) electrons. The highest BCUT2D eigenvalue weighted by Crippen LogP contribution is 2.22. The maximum absolute atomic E-state index is 10.7. The summed E-state index contributed by atoms with van der Waals surface area (Å²) < 4.78 is 0. The van der Waals surface area contributed by atoms with Crippen molar-refractivity contribution in [1.82, 2.24) is 4.90 Å². The molecule has 1 saturated heterocycles. The van der Waals surface area contributed by atoms with Crippen molar-refractivity contribution in [2.75, 3.05) is 6.54 Å². The highest BCUT2D eigenvalue weighted by atomic mass is 16.4. The summed E-state index contributed by atoms with van der Waals surface area (Å²) in [7, 11) is 0. The van der Waals surface area contributed by atoms with Crippen LogP contribution in [0.2, 0.25) is 0 Å². The second kappa shape index (κ2) is 4.46. The van der Waals surface area contributed by atoms with Crippen molar-refractivity contribution in [2.45, 2.75) is 44.8 Å². The summed E-state index contributed by atoms with van der Waals surface area (Å²) in [4.78, 5) is 12.1. The Morgan fingerprint density at radius 3 is 2.85 bits per heavy atom. The molecule has 1 rings (SSSR count). The average molecular weight is 187 g/mol. The van der Waals surface area contributed by atoms with Crippen LogP contribution in [0.15, 0.2) is 0 Å². The van der Waals surface area contributed by atoms with Gasteiger partial charge in [0.05, 0.1) is 12.1 Å². The summed E-state index contributed by atoms with van der Waals surface area (Å²) >= 11 is 0. The van der Waals surface area contributed by atoms with Gasteiger partial charge in [-0.3, -0.25) is 0 Å². The number of aliphatic hydroxyl groups excluding tert-OH is 1. The van der Waals surface area contributed by atoms with Gasteiger partial charge in [0.15, 0.2) is 0 Å². The van der Waals surface area contributed by atoms with Crippen molar-refractivity contribution >= 4 is 6.09 Å². The van der Waals surface area contributed by atoms with Crippen LogP contribution in [0.25, 0.3) is 0 Å². The maximum atomic E-state index is 10.7. The monoisotopic (exact) mass is 187 g/mol. The maximum Gasteiger partial charge on any atom is 0.407 e. The van der Waals surface area contributed by atoms with E-state index in [2.05, 4.69) is 6.92 Å². The van der Waals surface area contributed by atoms with Crippen LogP contribution in [-0.2, 0) is 0 Å². The molecule has 0 aliphatic carbocycles. The summed E-state index contributed by atoms with van der Waals surface area (Å²) in [5.74, 6) is 0. The van der Waals surface area contributed by atoms with Gasteiger partial charge in [-0.2, -0.15) is 0 Å². The van der Waals surface area contributed by atoms with Crippen molar-refractivity contribution in [3.63, 3.8) is 0 Å². The van der Waals surface area contributed by atoms with Gasteiger partial charge < -0.3 is 15.1 Å². The predicted molar refractivity (Wildman–Crippen MR) is 48.7 cm³/mol. The lowest BCUT2D eigenvalue weighted by atomic mass is 10.1. The molecule has 4 nitrogen and oxygen atoms in total. The zero-order valence-corrected chi connectivity index (χ0v) is 7.94. The van der Waals surface area contributed by atoms with Gasteiger partial charge >= 0.3 is 6.09 Å². The SMILES string of the molecule is CCCCC1[C@@H](O)CCN1C(=O)O. The van der Waals surface area contributed by atoms with Crippen molar-refractivity contribution in [2.24, 2.45) is 0 Å². The second-order valence-corrected chi connectivity index (χ2v) is 3.54. The number of amides is 1. The van der Waals surface area contributed by atoms with E-state index >= 15 is 0 Å². The Labute approximate surface area is 78.2 Å². The van der Waals surface area contributed by atoms with Gasteiger partial charge in [0, 0.05) is 6.54 Å². The largest absolute Gasteiger partial charge is 0.465 e. The molecule has 13 heavy (non-hydrogen) atoms. The fraction of sp³-hybridized carbons (Fsp3) is 0.889. The number of nitrogens with zero attached hydrogens (tertiary/aromatic N) is 1. The lowest BCUT2D eigenvalue weighted by Crippen LogP contribution is -2.38. The average Bonchev–Trinajstić information content (AvgIpc) is 2.43. The molecule has 0 aromatic carbocycles. The highest BCUT2D eigenvalue weighted by molar-refractivity contribution is 5.66. The minimum Gasteiger partial charge on any atom is -0.465 e. The van der Waals surface area contributed by atoms with Gasteiger partial charge in [-0.15, -0.1) is 0 Å². The number of unbranched alkanes of at least 4 members (excludes halogenated alkanes) is 1. The number of hydrogen-bond donors (Lipinski definition) is 2. The standard InChI is InChI=1S/C9H17NO3/c1-2-3-4-7-8(11)5-6-10(7)9(12)13/h7-8,11H,2-6H2,1H3,(H,12,13)/t7?,8-/m0/s1. The number of likely N-dealkylation sites (tertiary alicyclic amines) is 1. The van der Waals surface area contributed by atoms with Crippen LogP contribution in [0.3, 0.4) is 0 Å². The first-order chi connectivity index (χ1) is 6.16. The predicted octanol–water partition coefficient (Wildman–Crippen LogP) is 1.29. The molecule has 0 aromatic heterocycles. The zero-order valence-electron chi connectivity index (χ0n) is 7.94. The molecule has 0 spiro atoms. The van der Waals surface area contributed by atoms with Crippen LogP contribution in [0, 0.1) is 0 Å². The molecule has 2 N–H and O–H groups in total. The molecule has 0 bridgehead atoms. The van der Waals surface area contributed by atoms with Gasteiger partial charge in [0.2, 0.25) is 0 Å². The molecule has 1 aliphatic rings. The molecule has 1 fully saturated rings. The summed E-state index contributed by atoms with van der Waals surface area (Å²) in [6, 6.07) is -0.169. The van der Waals surface area contributed by atoms with E-state index in [9.17, 15) is 9.90 Å². The molecule has 4 heteroatoms. The Bertz CT molecular complexity index is 184. The van der Waals surface area contributed by atoms with E-state index in [1.54, 1.807) is 0 Å². The fourth-order valence-corrected chi connectivity index (χ4v) is 1.84. The number of hydrogen-bond acceptors (Lipinski definition) is 2. The smallest absolute Gasteiger partial charge is 0.407 e. The summed E-state index contributed by atoms with van der Waals surface area (Å²) in [5.41, 5.74) is 0. The van der Waals surface area contributed by atoms with Crippen molar-refractivity contribution in [1.29, 1.82) is 0 Å². The third-order valence-corrected chi connectivity index (χ3v) is 2.61. The lowest BCUT2D eigenvalue weighted by molar-refractivity contribution is 0.0952. The van der Waals surface area contributed by atoms with Gasteiger partial charge in [-0.1, -0.05) is 19.8 Å². The molecular weight excluding hydrogens is 170 g/mol. The lowest BCUT2D eigenvalue weighted by Gasteiger charge is -2.23. The molecule has 0 saturated carbocycles. The van der Waals surface area contributed by atoms with E-state index in [1.807, 2.05) is 0 Å². The molecule has 0 aromatic rings. The number of carbonyl (C=O) groups is 1. The van der Waals surface area contributed by atoms with E-state index in [0.717, 1.165) is 19.3 Å². The topological polar surface area (TPSA) is 60.8 Å².